The topological polar surface area (TPSA) is 61.4 Å². The molecule has 8 heteroatoms. The van der Waals surface area contributed by atoms with Crippen LogP contribution in [0.2, 0.25) is 0 Å². The van der Waals surface area contributed by atoms with Gasteiger partial charge in [0.15, 0.2) is 17.5 Å². The molecule has 0 saturated heterocycles. The van der Waals surface area contributed by atoms with Crippen molar-refractivity contribution in [3.05, 3.63) is 65.2 Å². The number of halogens is 4. The Hall–Kier alpha value is -2.61. The van der Waals surface area contributed by atoms with Gasteiger partial charge in [0.05, 0.1) is 11.8 Å². The first-order chi connectivity index (χ1) is 10.9. The van der Waals surface area contributed by atoms with E-state index in [2.05, 4.69) is 5.32 Å². The predicted octanol–water partition coefficient (Wildman–Crippen LogP) is 3.10. The molecule has 3 N–H and O–H groups in total. The molecule has 122 valence electrons. The number of rotatable bonds is 4. The molecule has 0 spiro atoms. The number of aliphatic hydroxyl groups excluding tert-OH is 1. The number of nitrogens with one attached hydrogen (secondary N) is 2. The van der Waals surface area contributed by atoms with Crippen molar-refractivity contribution in [3.63, 3.8) is 0 Å². The van der Waals surface area contributed by atoms with Gasteiger partial charge >= 0.3 is 6.03 Å². The molecule has 0 aromatic heterocycles. The molecule has 0 radical (unpaired) electrons. The third-order valence-corrected chi connectivity index (χ3v) is 3.00. The quantitative estimate of drug-likeness (QED) is 0.597. The number of hydrogen-bond acceptors (Lipinski definition) is 2. The Labute approximate surface area is 128 Å². The largest absolute Gasteiger partial charge is 0.386 e. The molecule has 0 heterocycles. The Kier molecular flexibility index (Phi) is 5.17. The summed E-state index contributed by atoms with van der Waals surface area (Å²) in [5.74, 6) is -5.29. The molecule has 0 saturated carbocycles. The molecule has 0 aliphatic rings. The van der Waals surface area contributed by atoms with Crippen molar-refractivity contribution in [2.24, 2.45) is 0 Å². The Morgan fingerprint density at radius 2 is 1.70 bits per heavy atom. The van der Waals surface area contributed by atoms with E-state index in [9.17, 15) is 27.5 Å². The van der Waals surface area contributed by atoms with Gasteiger partial charge in [0.25, 0.3) is 0 Å². The molecule has 4 nitrogen and oxygen atoms in total. The van der Waals surface area contributed by atoms with E-state index >= 15 is 0 Å². The lowest BCUT2D eigenvalue weighted by Crippen LogP contribution is -2.33. The molecule has 0 bridgehead atoms. The van der Waals surface area contributed by atoms with Crippen molar-refractivity contribution in [1.29, 1.82) is 0 Å². The smallest absolute Gasteiger partial charge is 0.319 e. The third-order valence-electron chi connectivity index (χ3n) is 3.00. The number of carbonyl (C=O) groups excluding carboxylic acids is 1. The first-order valence-corrected chi connectivity index (χ1v) is 6.51. The molecule has 0 fully saturated rings. The van der Waals surface area contributed by atoms with Crippen LogP contribution in [0.15, 0.2) is 36.4 Å². The summed E-state index contributed by atoms with van der Waals surface area (Å²) in [5, 5.41) is 13.9. The lowest BCUT2D eigenvalue weighted by molar-refractivity contribution is 0.170. The highest BCUT2D eigenvalue weighted by molar-refractivity contribution is 5.89. The summed E-state index contributed by atoms with van der Waals surface area (Å²) in [7, 11) is 0. The fourth-order valence-electron chi connectivity index (χ4n) is 1.83. The van der Waals surface area contributed by atoms with Gasteiger partial charge < -0.3 is 15.7 Å². The monoisotopic (exact) mass is 328 g/mol. The van der Waals surface area contributed by atoms with Crippen LogP contribution in [0.5, 0.6) is 0 Å². The van der Waals surface area contributed by atoms with Gasteiger partial charge in [-0.3, -0.25) is 0 Å². The number of aliphatic hydroxyl groups is 1. The highest BCUT2D eigenvalue weighted by Gasteiger charge is 2.17. The number of carbonyl (C=O) groups is 1. The van der Waals surface area contributed by atoms with Crippen LogP contribution in [0.25, 0.3) is 0 Å². The number of urea groups is 1. The second-order valence-electron chi connectivity index (χ2n) is 4.60. The Morgan fingerprint density at radius 1 is 1.00 bits per heavy atom. The van der Waals surface area contributed by atoms with Crippen molar-refractivity contribution >= 4 is 11.7 Å². The van der Waals surface area contributed by atoms with Crippen molar-refractivity contribution in [1.82, 2.24) is 5.32 Å². The molecule has 2 aromatic carbocycles. The van der Waals surface area contributed by atoms with Crippen molar-refractivity contribution < 1.29 is 27.5 Å². The summed E-state index contributed by atoms with van der Waals surface area (Å²) in [4.78, 5) is 11.6. The van der Waals surface area contributed by atoms with Crippen molar-refractivity contribution in [2.75, 3.05) is 11.9 Å². The van der Waals surface area contributed by atoms with Crippen molar-refractivity contribution in [3.8, 4) is 0 Å². The highest BCUT2D eigenvalue weighted by atomic mass is 19.2. The SMILES string of the molecule is O=C(NC[C@H](O)c1ccccc1F)Nc1ccc(F)c(F)c1F. The van der Waals surface area contributed by atoms with Crippen LogP contribution >= 0.6 is 0 Å². The summed E-state index contributed by atoms with van der Waals surface area (Å²) in [5.41, 5.74) is -0.589. The highest BCUT2D eigenvalue weighted by Crippen LogP contribution is 2.19. The van der Waals surface area contributed by atoms with Crippen LogP contribution in [0.4, 0.5) is 28.0 Å². The summed E-state index contributed by atoms with van der Waals surface area (Å²) in [6.45, 7) is -0.363. The van der Waals surface area contributed by atoms with Gasteiger partial charge in [-0.1, -0.05) is 18.2 Å². The van der Waals surface area contributed by atoms with Gasteiger partial charge in [-0.2, -0.15) is 0 Å². The van der Waals surface area contributed by atoms with Gasteiger partial charge in [-0.15, -0.1) is 0 Å². The zero-order valence-corrected chi connectivity index (χ0v) is 11.6. The average Bonchev–Trinajstić information content (AvgIpc) is 2.53. The normalized spacial score (nSPS) is 11.9. The van der Waals surface area contributed by atoms with E-state index in [4.69, 9.17) is 0 Å². The second kappa shape index (κ2) is 7.10. The van der Waals surface area contributed by atoms with Gasteiger partial charge in [0.1, 0.15) is 5.82 Å². The molecular formula is C15H12F4N2O2. The summed E-state index contributed by atoms with van der Waals surface area (Å²) < 4.78 is 52.6. The number of hydrogen-bond donors (Lipinski definition) is 3. The first-order valence-electron chi connectivity index (χ1n) is 6.51. The predicted molar refractivity (Wildman–Crippen MR) is 74.7 cm³/mol. The maximum atomic E-state index is 13.4. The number of amides is 2. The van der Waals surface area contributed by atoms with Crippen LogP contribution in [-0.4, -0.2) is 17.7 Å². The maximum Gasteiger partial charge on any atom is 0.319 e. The van der Waals surface area contributed by atoms with Crippen molar-refractivity contribution in [2.45, 2.75) is 6.10 Å². The van der Waals surface area contributed by atoms with E-state index in [1.807, 2.05) is 5.32 Å². The van der Waals surface area contributed by atoms with Crippen LogP contribution in [0.1, 0.15) is 11.7 Å². The van der Waals surface area contributed by atoms with Gasteiger partial charge in [-0.05, 0) is 18.2 Å². The lowest BCUT2D eigenvalue weighted by atomic mass is 10.1. The maximum absolute atomic E-state index is 13.4. The van der Waals surface area contributed by atoms with Gasteiger partial charge in [0, 0.05) is 12.1 Å². The minimum Gasteiger partial charge on any atom is -0.386 e. The number of anilines is 1. The molecule has 1 atom stereocenters. The van der Waals surface area contributed by atoms with E-state index in [1.54, 1.807) is 0 Å². The van der Waals surface area contributed by atoms with E-state index in [0.717, 1.165) is 12.1 Å². The van der Waals surface area contributed by atoms with E-state index < -0.39 is 41.1 Å². The second-order valence-corrected chi connectivity index (χ2v) is 4.60. The van der Waals surface area contributed by atoms with Crippen LogP contribution in [-0.2, 0) is 0 Å². The molecule has 0 unspecified atom stereocenters. The Morgan fingerprint density at radius 3 is 2.39 bits per heavy atom. The van der Waals surface area contributed by atoms with E-state index in [0.29, 0.717) is 6.07 Å². The first kappa shape index (κ1) is 16.8. The molecule has 2 amide bonds. The minimum atomic E-state index is -1.71. The zero-order chi connectivity index (χ0) is 17.0. The fraction of sp³-hybridized carbons (Fsp3) is 0.133. The summed E-state index contributed by atoms with van der Waals surface area (Å²) in [6, 6.07) is 5.98. The molecule has 23 heavy (non-hydrogen) atoms. The van der Waals surface area contributed by atoms with Crippen LogP contribution < -0.4 is 10.6 Å². The summed E-state index contributed by atoms with van der Waals surface area (Å²) in [6.07, 6.45) is -1.32. The fourth-order valence-corrected chi connectivity index (χ4v) is 1.83. The average molecular weight is 328 g/mol. The standard InChI is InChI=1S/C15H12F4N2O2/c16-9-4-2-1-3-8(9)12(22)7-20-15(23)21-11-6-5-10(17)13(18)14(11)19/h1-6,12,22H,7H2,(H2,20,21,23)/t12-/m0/s1. The van der Waals surface area contributed by atoms with Crippen LogP contribution in [0, 0.1) is 23.3 Å². The molecule has 2 aromatic rings. The Balaban J connectivity index is 1.96. The molecule has 0 aliphatic heterocycles. The van der Waals surface area contributed by atoms with Gasteiger partial charge in [-0.25, -0.2) is 22.4 Å². The van der Waals surface area contributed by atoms with E-state index in [-0.39, 0.29) is 12.1 Å². The molecular weight excluding hydrogens is 316 g/mol. The third kappa shape index (κ3) is 3.98. The summed E-state index contributed by atoms with van der Waals surface area (Å²) >= 11 is 0. The lowest BCUT2D eigenvalue weighted by Gasteiger charge is -2.14. The zero-order valence-electron chi connectivity index (χ0n) is 11.6. The van der Waals surface area contributed by atoms with Gasteiger partial charge in [0.2, 0.25) is 0 Å². The van der Waals surface area contributed by atoms with Crippen LogP contribution in [0.3, 0.4) is 0 Å². The number of benzene rings is 2. The molecule has 0 aliphatic carbocycles. The molecule has 2 rings (SSSR count). The Bertz CT molecular complexity index is 725. The minimum absolute atomic E-state index is 0.0215. The van der Waals surface area contributed by atoms with E-state index in [1.165, 1.54) is 18.2 Å².